The summed E-state index contributed by atoms with van der Waals surface area (Å²) in [7, 11) is 0. The Labute approximate surface area is 201 Å². The Balaban J connectivity index is 1.78. The van der Waals surface area contributed by atoms with E-state index in [0.717, 1.165) is 21.7 Å². The van der Waals surface area contributed by atoms with Gasteiger partial charge in [-0.3, -0.25) is 4.79 Å². The summed E-state index contributed by atoms with van der Waals surface area (Å²) in [5.74, 6) is -0.669. The number of aryl methyl sites for hydroxylation is 1. The van der Waals surface area contributed by atoms with Gasteiger partial charge in [-0.1, -0.05) is 59.7 Å². The van der Waals surface area contributed by atoms with E-state index < -0.39 is 11.5 Å². The van der Waals surface area contributed by atoms with Gasteiger partial charge in [0.1, 0.15) is 11.2 Å². The molecule has 164 valence electrons. The standard InChI is InChI=1S/C25H21Cl2FN2OS/c1-13-5-7-17(28)11-18(13)23-25(19-8-6-16(27)10-21(19)29-24(25)31)20(12-22(32)30-23)14-3-2-4-15(26)9-14/h2-8,10-11,14,20,23H,9,12H2,1H3,(H,29,31)(H,30,32)/t14?,20-,23-,25-/m0/s1. The largest absolute Gasteiger partial charge is 0.371 e. The number of hydrogen-bond acceptors (Lipinski definition) is 2. The van der Waals surface area contributed by atoms with E-state index in [-0.39, 0.29) is 23.6 Å². The van der Waals surface area contributed by atoms with Gasteiger partial charge in [0.2, 0.25) is 5.91 Å². The Hall–Kier alpha value is -2.21. The van der Waals surface area contributed by atoms with E-state index in [0.29, 0.717) is 28.5 Å². The molecule has 1 saturated heterocycles. The normalized spacial score (nSPS) is 28.9. The maximum absolute atomic E-state index is 14.4. The molecule has 0 saturated carbocycles. The zero-order valence-electron chi connectivity index (χ0n) is 17.3. The Morgan fingerprint density at radius 3 is 2.75 bits per heavy atom. The second kappa shape index (κ2) is 7.98. The summed E-state index contributed by atoms with van der Waals surface area (Å²) in [4.78, 5) is 14.6. The average Bonchev–Trinajstić information content (AvgIpc) is 3.02. The first-order valence-electron chi connectivity index (χ1n) is 10.5. The lowest BCUT2D eigenvalue weighted by Crippen LogP contribution is -2.59. The number of fused-ring (bicyclic) bond motifs is 2. The summed E-state index contributed by atoms with van der Waals surface area (Å²) in [5.41, 5.74) is 2.13. The first-order valence-corrected chi connectivity index (χ1v) is 11.7. The zero-order chi connectivity index (χ0) is 22.6. The lowest BCUT2D eigenvalue weighted by molar-refractivity contribution is -0.125. The van der Waals surface area contributed by atoms with E-state index >= 15 is 0 Å². The average molecular weight is 487 g/mol. The Kier molecular flexibility index (Phi) is 5.39. The second-order valence-corrected chi connectivity index (χ2v) is 10.1. The molecule has 1 aliphatic carbocycles. The number of benzene rings is 2. The summed E-state index contributed by atoms with van der Waals surface area (Å²) < 4.78 is 14.4. The van der Waals surface area contributed by atoms with E-state index in [9.17, 15) is 9.18 Å². The predicted molar refractivity (Wildman–Crippen MR) is 131 cm³/mol. The number of amides is 1. The van der Waals surface area contributed by atoms with Gasteiger partial charge in [0.05, 0.1) is 11.0 Å². The number of carbonyl (C=O) groups excluding carboxylic acids is 1. The van der Waals surface area contributed by atoms with Gasteiger partial charge in [0.15, 0.2) is 0 Å². The van der Waals surface area contributed by atoms with Crippen LogP contribution in [0.15, 0.2) is 59.7 Å². The van der Waals surface area contributed by atoms with Gasteiger partial charge in [0.25, 0.3) is 0 Å². The predicted octanol–water partition coefficient (Wildman–Crippen LogP) is 6.35. The highest BCUT2D eigenvalue weighted by Crippen LogP contribution is 2.57. The number of rotatable bonds is 2. The molecule has 2 aromatic carbocycles. The molecule has 1 fully saturated rings. The molecule has 1 unspecified atom stereocenters. The fourth-order valence-corrected chi connectivity index (χ4v) is 6.29. The number of thiocarbonyl (C=S) groups is 1. The summed E-state index contributed by atoms with van der Waals surface area (Å²) in [6, 6.07) is 9.61. The smallest absolute Gasteiger partial charge is 0.237 e. The molecule has 0 radical (unpaired) electrons. The summed E-state index contributed by atoms with van der Waals surface area (Å²) in [6.07, 6.45) is 7.06. The third-order valence-electron chi connectivity index (χ3n) is 6.94. The van der Waals surface area contributed by atoms with Crippen molar-refractivity contribution in [2.24, 2.45) is 11.8 Å². The van der Waals surface area contributed by atoms with Crippen LogP contribution >= 0.6 is 35.4 Å². The first-order chi connectivity index (χ1) is 15.3. The van der Waals surface area contributed by atoms with Crippen molar-refractivity contribution in [3.8, 4) is 0 Å². The van der Waals surface area contributed by atoms with E-state index in [1.54, 1.807) is 18.2 Å². The first kappa shape index (κ1) is 21.6. The van der Waals surface area contributed by atoms with Crippen LogP contribution in [0.2, 0.25) is 5.02 Å². The fraction of sp³-hybridized carbons (Fsp3) is 0.280. The van der Waals surface area contributed by atoms with Crippen LogP contribution in [0, 0.1) is 24.6 Å². The van der Waals surface area contributed by atoms with Gasteiger partial charge in [-0.05, 0) is 72.2 Å². The molecular weight excluding hydrogens is 466 g/mol. The molecular formula is C25H21Cl2FN2OS. The van der Waals surface area contributed by atoms with Crippen molar-refractivity contribution < 1.29 is 9.18 Å². The van der Waals surface area contributed by atoms with Gasteiger partial charge in [0, 0.05) is 22.2 Å². The molecule has 0 aromatic heterocycles. The highest BCUT2D eigenvalue weighted by atomic mass is 35.5. The minimum absolute atomic E-state index is 0.00343. The van der Waals surface area contributed by atoms with Crippen molar-refractivity contribution in [2.75, 3.05) is 5.32 Å². The van der Waals surface area contributed by atoms with Crippen LogP contribution in [-0.4, -0.2) is 10.9 Å². The molecule has 3 nitrogen and oxygen atoms in total. The monoisotopic (exact) mass is 486 g/mol. The number of hydrogen-bond donors (Lipinski definition) is 2. The van der Waals surface area contributed by atoms with Gasteiger partial charge < -0.3 is 10.6 Å². The van der Waals surface area contributed by atoms with Crippen molar-refractivity contribution in [1.29, 1.82) is 0 Å². The lowest BCUT2D eigenvalue weighted by atomic mass is 9.56. The molecule has 2 N–H and O–H groups in total. The fourth-order valence-electron chi connectivity index (χ4n) is 5.57. The highest BCUT2D eigenvalue weighted by molar-refractivity contribution is 7.80. The SMILES string of the molecule is Cc1ccc(F)cc1[C@@H]1NC(=S)C[C@@H](C2C=CC=C(Cl)C2)[C@]12C(=O)Nc1cc(Cl)ccc12. The van der Waals surface area contributed by atoms with Gasteiger partial charge in [-0.15, -0.1) is 0 Å². The van der Waals surface area contributed by atoms with Gasteiger partial charge >= 0.3 is 0 Å². The Morgan fingerprint density at radius 2 is 1.97 bits per heavy atom. The molecule has 7 heteroatoms. The van der Waals surface area contributed by atoms with Crippen LogP contribution in [0.4, 0.5) is 10.1 Å². The molecule has 1 spiro atoms. The second-order valence-electron chi connectivity index (χ2n) is 8.69. The lowest BCUT2D eigenvalue weighted by Gasteiger charge is -2.50. The topological polar surface area (TPSA) is 41.1 Å². The number of allylic oxidation sites excluding steroid dienone is 4. The third-order valence-corrected chi connectivity index (χ3v) is 7.74. The van der Waals surface area contributed by atoms with Crippen molar-refractivity contribution in [2.45, 2.75) is 31.2 Å². The van der Waals surface area contributed by atoms with E-state index in [1.807, 2.05) is 25.1 Å². The number of anilines is 1. The van der Waals surface area contributed by atoms with E-state index in [4.69, 9.17) is 35.4 Å². The van der Waals surface area contributed by atoms with Crippen LogP contribution in [0.1, 0.15) is 35.6 Å². The molecule has 3 aliphatic rings. The van der Waals surface area contributed by atoms with Crippen LogP contribution in [-0.2, 0) is 10.2 Å². The van der Waals surface area contributed by atoms with Crippen LogP contribution < -0.4 is 10.6 Å². The van der Waals surface area contributed by atoms with E-state index in [2.05, 4.69) is 16.7 Å². The van der Waals surface area contributed by atoms with Crippen LogP contribution in [0.25, 0.3) is 0 Å². The quantitative estimate of drug-likeness (QED) is 0.485. The summed E-state index contributed by atoms with van der Waals surface area (Å²) >= 11 is 18.3. The molecule has 4 atom stereocenters. The Bertz CT molecular complexity index is 1210. The van der Waals surface area contributed by atoms with Crippen molar-refractivity contribution in [1.82, 2.24) is 5.32 Å². The molecule has 1 amide bonds. The summed E-state index contributed by atoms with van der Waals surface area (Å²) in [6.45, 7) is 1.92. The zero-order valence-corrected chi connectivity index (χ0v) is 19.6. The minimum atomic E-state index is -1.01. The molecule has 2 aromatic rings. The van der Waals surface area contributed by atoms with Crippen molar-refractivity contribution >= 4 is 52.0 Å². The maximum Gasteiger partial charge on any atom is 0.237 e. The highest BCUT2D eigenvalue weighted by Gasteiger charge is 2.61. The minimum Gasteiger partial charge on any atom is -0.371 e. The number of piperidine rings is 1. The third kappa shape index (κ3) is 3.30. The van der Waals surface area contributed by atoms with Gasteiger partial charge in [-0.25, -0.2) is 4.39 Å². The van der Waals surface area contributed by atoms with Crippen LogP contribution in [0.5, 0.6) is 0 Å². The van der Waals surface area contributed by atoms with Gasteiger partial charge in [-0.2, -0.15) is 0 Å². The number of halogens is 3. The maximum atomic E-state index is 14.4. The van der Waals surface area contributed by atoms with Crippen LogP contribution in [0.3, 0.4) is 0 Å². The number of nitrogens with one attached hydrogen (secondary N) is 2. The molecule has 32 heavy (non-hydrogen) atoms. The van der Waals surface area contributed by atoms with Crippen molar-refractivity contribution in [3.63, 3.8) is 0 Å². The molecule has 2 heterocycles. The summed E-state index contributed by atoms with van der Waals surface area (Å²) in [5, 5.41) is 7.74. The number of carbonyl (C=O) groups is 1. The van der Waals surface area contributed by atoms with E-state index in [1.165, 1.54) is 12.1 Å². The molecule has 5 rings (SSSR count). The molecule has 0 bridgehead atoms. The Morgan fingerprint density at radius 1 is 1.16 bits per heavy atom. The van der Waals surface area contributed by atoms with Crippen molar-refractivity contribution in [3.05, 3.63) is 87.2 Å². The molecule has 2 aliphatic heterocycles.